The van der Waals surface area contributed by atoms with Crippen LogP contribution in [-0.2, 0) is 19.1 Å². The van der Waals surface area contributed by atoms with E-state index in [-0.39, 0.29) is 23.9 Å². The monoisotopic (exact) mass is 226 g/mol. The minimum Gasteiger partial charge on any atom is -0.497 e. The first-order valence-electron chi connectivity index (χ1n) is 5.42. The van der Waals surface area contributed by atoms with Gasteiger partial charge in [0.2, 0.25) is 0 Å². The molecule has 4 heteroatoms. The Bertz CT molecular complexity index is 306. The molecule has 0 saturated heterocycles. The molecular formula is C12H18O4. The van der Waals surface area contributed by atoms with Crippen LogP contribution < -0.4 is 0 Å². The highest BCUT2D eigenvalue weighted by Crippen LogP contribution is 2.35. The lowest BCUT2D eigenvalue weighted by molar-refractivity contribution is -0.138. The smallest absolute Gasteiger partial charge is 0.337 e. The van der Waals surface area contributed by atoms with Crippen molar-refractivity contribution in [2.75, 3.05) is 7.11 Å². The molecule has 0 bridgehead atoms. The van der Waals surface area contributed by atoms with Crippen LogP contribution >= 0.6 is 0 Å². The summed E-state index contributed by atoms with van der Waals surface area (Å²) < 4.78 is 10.00. The van der Waals surface area contributed by atoms with Crippen LogP contribution in [0, 0.1) is 17.8 Å². The van der Waals surface area contributed by atoms with Gasteiger partial charge in [-0.25, -0.2) is 4.79 Å². The highest BCUT2D eigenvalue weighted by molar-refractivity contribution is 5.89. The Morgan fingerprint density at radius 1 is 1.56 bits per heavy atom. The summed E-state index contributed by atoms with van der Waals surface area (Å²) >= 11 is 0. The molecule has 0 radical (unpaired) electrons. The van der Waals surface area contributed by atoms with Crippen LogP contribution in [0.25, 0.3) is 0 Å². The van der Waals surface area contributed by atoms with Crippen LogP contribution in [0.1, 0.15) is 20.8 Å². The van der Waals surface area contributed by atoms with Crippen LogP contribution in [0.2, 0.25) is 0 Å². The first kappa shape index (κ1) is 12.7. The van der Waals surface area contributed by atoms with E-state index in [0.717, 1.165) is 6.29 Å². The van der Waals surface area contributed by atoms with Crippen molar-refractivity contribution >= 4 is 12.3 Å². The Morgan fingerprint density at radius 2 is 2.19 bits per heavy atom. The van der Waals surface area contributed by atoms with Crippen LogP contribution in [0.15, 0.2) is 11.8 Å². The van der Waals surface area contributed by atoms with Gasteiger partial charge in [-0.1, -0.05) is 13.8 Å². The molecule has 90 valence electrons. The van der Waals surface area contributed by atoms with E-state index in [1.807, 2.05) is 20.8 Å². The predicted octanol–water partition coefficient (Wildman–Crippen LogP) is 1.55. The number of carbonyl (C=O) groups is 2. The highest BCUT2D eigenvalue weighted by Gasteiger charge is 2.39. The number of methoxy groups -OCH3 is 1. The molecule has 0 amide bonds. The maximum absolute atomic E-state index is 11.6. The fourth-order valence-electron chi connectivity index (χ4n) is 2.15. The third kappa shape index (κ3) is 2.26. The van der Waals surface area contributed by atoms with E-state index in [1.54, 1.807) is 0 Å². The summed E-state index contributed by atoms with van der Waals surface area (Å²) in [5.41, 5.74) is 0.452. The Labute approximate surface area is 95.6 Å². The van der Waals surface area contributed by atoms with Gasteiger partial charge in [-0.3, -0.25) is 0 Å². The van der Waals surface area contributed by atoms with Crippen molar-refractivity contribution in [3.63, 3.8) is 0 Å². The van der Waals surface area contributed by atoms with E-state index in [0.29, 0.717) is 5.57 Å². The summed E-state index contributed by atoms with van der Waals surface area (Å²) in [6, 6.07) is 0. The number of hydrogen-bond acceptors (Lipinski definition) is 4. The molecule has 4 nitrogen and oxygen atoms in total. The zero-order chi connectivity index (χ0) is 12.3. The Kier molecular flexibility index (Phi) is 4.10. The van der Waals surface area contributed by atoms with Crippen LogP contribution in [0.4, 0.5) is 0 Å². The van der Waals surface area contributed by atoms with Gasteiger partial charge < -0.3 is 14.3 Å². The summed E-state index contributed by atoms with van der Waals surface area (Å²) in [5, 5.41) is 0. The molecule has 0 aromatic carbocycles. The molecule has 1 heterocycles. The van der Waals surface area contributed by atoms with Crippen molar-refractivity contribution in [1.29, 1.82) is 0 Å². The minimum atomic E-state index is -0.419. The number of carbonyl (C=O) groups excluding carboxylic acids is 2. The van der Waals surface area contributed by atoms with Gasteiger partial charge in [0.05, 0.1) is 24.9 Å². The lowest BCUT2D eigenvalue weighted by Gasteiger charge is -2.34. The minimum absolute atomic E-state index is 0.131. The van der Waals surface area contributed by atoms with Crippen molar-refractivity contribution < 1.29 is 19.1 Å². The quantitative estimate of drug-likeness (QED) is 0.541. The molecule has 0 fully saturated rings. The van der Waals surface area contributed by atoms with Gasteiger partial charge in [0.1, 0.15) is 12.4 Å². The van der Waals surface area contributed by atoms with Crippen LogP contribution in [0.3, 0.4) is 0 Å². The maximum atomic E-state index is 11.6. The van der Waals surface area contributed by atoms with Crippen molar-refractivity contribution in [2.45, 2.75) is 26.9 Å². The first-order chi connectivity index (χ1) is 7.52. The van der Waals surface area contributed by atoms with Crippen molar-refractivity contribution in [3.8, 4) is 0 Å². The maximum Gasteiger partial charge on any atom is 0.337 e. The lowest BCUT2D eigenvalue weighted by atomic mass is 9.75. The number of ether oxygens (including phenoxy) is 2. The Balaban J connectivity index is 3.06. The number of esters is 1. The van der Waals surface area contributed by atoms with Gasteiger partial charge in [0, 0.05) is 5.92 Å². The second kappa shape index (κ2) is 5.14. The van der Waals surface area contributed by atoms with Crippen molar-refractivity contribution in [1.82, 2.24) is 0 Å². The van der Waals surface area contributed by atoms with E-state index in [2.05, 4.69) is 0 Å². The number of hydrogen-bond donors (Lipinski definition) is 0. The van der Waals surface area contributed by atoms with Crippen LogP contribution in [-0.4, -0.2) is 25.5 Å². The summed E-state index contributed by atoms with van der Waals surface area (Å²) in [7, 11) is 1.33. The molecule has 0 spiro atoms. The van der Waals surface area contributed by atoms with Crippen molar-refractivity contribution in [2.24, 2.45) is 17.8 Å². The Morgan fingerprint density at radius 3 is 2.62 bits per heavy atom. The van der Waals surface area contributed by atoms with Crippen LogP contribution in [0.5, 0.6) is 0 Å². The zero-order valence-electron chi connectivity index (χ0n) is 10.1. The summed E-state index contributed by atoms with van der Waals surface area (Å²) in [6.07, 6.45) is 2.10. The standard InChI is InChI=1S/C12H18O4/c1-7(2)11-9(5-13)8(3)16-6-10(11)12(14)15-4/h5-9,11H,1-4H3. The first-order valence-corrected chi connectivity index (χ1v) is 5.42. The molecular weight excluding hydrogens is 208 g/mol. The van der Waals surface area contributed by atoms with E-state index in [1.165, 1.54) is 13.4 Å². The van der Waals surface area contributed by atoms with Crippen molar-refractivity contribution in [3.05, 3.63) is 11.8 Å². The van der Waals surface area contributed by atoms with Gasteiger partial charge >= 0.3 is 5.97 Å². The molecule has 1 rings (SSSR count). The summed E-state index contributed by atoms with van der Waals surface area (Å²) in [4.78, 5) is 22.6. The van der Waals surface area contributed by atoms with Gasteiger partial charge in [-0.15, -0.1) is 0 Å². The highest BCUT2D eigenvalue weighted by atomic mass is 16.5. The van der Waals surface area contributed by atoms with Gasteiger partial charge in [0.15, 0.2) is 0 Å². The fraction of sp³-hybridized carbons (Fsp3) is 0.667. The molecule has 0 N–H and O–H groups in total. The van der Waals surface area contributed by atoms with Gasteiger partial charge in [-0.05, 0) is 12.8 Å². The molecule has 1 aliphatic rings. The zero-order valence-corrected chi connectivity index (χ0v) is 10.1. The third-order valence-corrected chi connectivity index (χ3v) is 3.02. The third-order valence-electron chi connectivity index (χ3n) is 3.02. The molecule has 0 aromatic rings. The topological polar surface area (TPSA) is 52.6 Å². The lowest BCUT2D eigenvalue weighted by Crippen LogP contribution is -2.38. The SMILES string of the molecule is COC(=O)C1=COC(C)C(C=O)C1C(C)C. The van der Waals surface area contributed by atoms with E-state index < -0.39 is 5.97 Å². The second-order valence-corrected chi connectivity index (χ2v) is 4.39. The van der Waals surface area contributed by atoms with Gasteiger partial charge in [-0.2, -0.15) is 0 Å². The normalized spacial score (nSPS) is 29.3. The Hall–Kier alpha value is -1.32. The molecule has 0 aliphatic carbocycles. The molecule has 1 aliphatic heterocycles. The second-order valence-electron chi connectivity index (χ2n) is 4.39. The fourth-order valence-corrected chi connectivity index (χ4v) is 2.15. The number of aldehydes is 1. The molecule has 0 saturated carbocycles. The van der Waals surface area contributed by atoms with E-state index in [9.17, 15) is 9.59 Å². The average Bonchev–Trinajstić information content (AvgIpc) is 2.27. The summed E-state index contributed by atoms with van der Waals surface area (Å²) in [6.45, 7) is 5.80. The number of rotatable bonds is 3. The average molecular weight is 226 g/mol. The summed E-state index contributed by atoms with van der Waals surface area (Å²) in [5.74, 6) is -0.655. The van der Waals surface area contributed by atoms with Gasteiger partial charge in [0.25, 0.3) is 0 Å². The van der Waals surface area contributed by atoms with E-state index in [4.69, 9.17) is 9.47 Å². The largest absolute Gasteiger partial charge is 0.497 e. The van der Waals surface area contributed by atoms with E-state index >= 15 is 0 Å². The molecule has 0 aromatic heterocycles. The predicted molar refractivity (Wildman–Crippen MR) is 58.5 cm³/mol. The molecule has 16 heavy (non-hydrogen) atoms. The molecule has 3 atom stereocenters. The molecule has 3 unspecified atom stereocenters.